The number of benzene rings is 1. The number of ether oxygens (including phenoxy) is 1. The highest BCUT2D eigenvalue weighted by Crippen LogP contribution is 2.23. The summed E-state index contributed by atoms with van der Waals surface area (Å²) in [5.74, 6) is -0.227. The van der Waals surface area contributed by atoms with Gasteiger partial charge in [-0.2, -0.15) is 0 Å². The molecule has 0 aliphatic carbocycles. The Labute approximate surface area is 128 Å². The normalized spacial score (nSPS) is 11.2. The molecule has 4 nitrogen and oxygen atoms in total. The molecule has 0 heterocycles. The monoisotopic (exact) mass is 341 g/mol. The molecule has 110 valence electrons. The molecule has 0 spiro atoms. The van der Waals surface area contributed by atoms with E-state index < -0.39 is 5.97 Å². The minimum atomic E-state index is -0.968. The molecule has 1 N–H and O–H groups in total. The number of rotatable bonds is 8. The van der Waals surface area contributed by atoms with E-state index in [1.807, 2.05) is 18.2 Å². The second-order valence-corrected chi connectivity index (χ2v) is 5.08. The lowest BCUT2D eigenvalue weighted by Gasteiger charge is -2.18. The van der Waals surface area contributed by atoms with Crippen molar-refractivity contribution in [2.75, 3.05) is 26.2 Å². The van der Waals surface area contributed by atoms with Crippen LogP contribution in [0.2, 0.25) is 0 Å². The van der Waals surface area contributed by atoms with Crippen LogP contribution in [0.25, 0.3) is 6.08 Å². The highest BCUT2D eigenvalue weighted by Gasteiger charge is 2.02. The molecule has 0 bridgehead atoms. The van der Waals surface area contributed by atoms with Crippen LogP contribution < -0.4 is 4.74 Å². The molecule has 0 atom stereocenters. The predicted octanol–water partition coefficient (Wildman–Crippen LogP) is 3.27. The Kier molecular flexibility index (Phi) is 7.33. The number of hydrogen-bond acceptors (Lipinski definition) is 3. The van der Waals surface area contributed by atoms with E-state index in [1.54, 1.807) is 6.08 Å². The number of aliphatic carboxylic acids is 1. The van der Waals surface area contributed by atoms with Gasteiger partial charge in [-0.3, -0.25) is 0 Å². The van der Waals surface area contributed by atoms with Crippen LogP contribution in [0.3, 0.4) is 0 Å². The van der Waals surface area contributed by atoms with Gasteiger partial charge in [-0.05, 0) is 42.9 Å². The second-order valence-electron chi connectivity index (χ2n) is 4.23. The molecule has 1 aromatic carbocycles. The fourth-order valence-corrected chi connectivity index (χ4v) is 2.11. The Hall–Kier alpha value is -1.33. The molecule has 0 amide bonds. The molecular formula is C15H20BrNO3. The van der Waals surface area contributed by atoms with Crippen LogP contribution in [-0.4, -0.2) is 42.2 Å². The van der Waals surface area contributed by atoms with E-state index in [9.17, 15) is 4.79 Å². The van der Waals surface area contributed by atoms with Gasteiger partial charge in [0.15, 0.2) is 0 Å². The quantitative estimate of drug-likeness (QED) is 0.737. The third kappa shape index (κ3) is 5.75. The van der Waals surface area contributed by atoms with E-state index >= 15 is 0 Å². The zero-order chi connectivity index (χ0) is 15.0. The van der Waals surface area contributed by atoms with E-state index in [2.05, 4.69) is 34.7 Å². The Balaban J connectivity index is 2.63. The number of carboxylic acids is 1. The average Bonchev–Trinajstić information content (AvgIpc) is 2.43. The van der Waals surface area contributed by atoms with Crippen molar-refractivity contribution in [3.8, 4) is 5.75 Å². The molecule has 0 aliphatic heterocycles. The van der Waals surface area contributed by atoms with Crippen molar-refractivity contribution in [3.05, 3.63) is 34.3 Å². The molecule has 20 heavy (non-hydrogen) atoms. The molecular weight excluding hydrogens is 322 g/mol. The summed E-state index contributed by atoms with van der Waals surface area (Å²) in [5.41, 5.74) is 0.785. The topological polar surface area (TPSA) is 49.8 Å². The number of likely N-dealkylation sites (N-methyl/N-ethyl adjacent to an activating group) is 1. The first-order chi connectivity index (χ1) is 9.56. The highest BCUT2D eigenvalue weighted by molar-refractivity contribution is 9.10. The van der Waals surface area contributed by atoms with Crippen molar-refractivity contribution < 1.29 is 14.6 Å². The zero-order valence-corrected chi connectivity index (χ0v) is 13.4. The predicted molar refractivity (Wildman–Crippen MR) is 84.1 cm³/mol. The van der Waals surface area contributed by atoms with Gasteiger partial charge in [-0.1, -0.05) is 29.8 Å². The lowest BCUT2D eigenvalue weighted by atomic mass is 10.2. The first kappa shape index (κ1) is 16.7. The third-order valence-corrected chi connectivity index (χ3v) is 3.67. The van der Waals surface area contributed by atoms with E-state index in [-0.39, 0.29) is 0 Å². The van der Waals surface area contributed by atoms with E-state index in [1.165, 1.54) is 0 Å². The van der Waals surface area contributed by atoms with Gasteiger partial charge < -0.3 is 14.7 Å². The highest BCUT2D eigenvalue weighted by atomic mass is 79.9. The maximum absolute atomic E-state index is 10.5. The molecule has 0 unspecified atom stereocenters. The Morgan fingerprint density at radius 2 is 2.10 bits per heavy atom. The average molecular weight is 342 g/mol. The van der Waals surface area contributed by atoms with Gasteiger partial charge in [-0.25, -0.2) is 4.79 Å². The molecule has 0 fully saturated rings. The van der Waals surface area contributed by atoms with Crippen molar-refractivity contribution >= 4 is 28.0 Å². The van der Waals surface area contributed by atoms with Gasteiger partial charge in [0, 0.05) is 17.1 Å². The summed E-state index contributed by atoms with van der Waals surface area (Å²) in [6.07, 6.45) is 2.66. The first-order valence-electron chi connectivity index (χ1n) is 6.62. The zero-order valence-electron chi connectivity index (χ0n) is 11.8. The molecule has 0 saturated heterocycles. The van der Waals surface area contributed by atoms with Crippen LogP contribution in [0.4, 0.5) is 0 Å². The summed E-state index contributed by atoms with van der Waals surface area (Å²) in [6, 6.07) is 5.55. The van der Waals surface area contributed by atoms with Crippen LogP contribution in [0, 0.1) is 0 Å². The van der Waals surface area contributed by atoms with E-state index in [4.69, 9.17) is 9.84 Å². The van der Waals surface area contributed by atoms with Gasteiger partial charge in [0.2, 0.25) is 0 Å². The molecule has 0 aromatic heterocycles. The smallest absolute Gasteiger partial charge is 0.328 e. The molecule has 1 rings (SSSR count). The lowest BCUT2D eigenvalue weighted by molar-refractivity contribution is -0.131. The Bertz CT molecular complexity index is 470. The molecule has 0 radical (unpaired) electrons. The summed E-state index contributed by atoms with van der Waals surface area (Å²) in [4.78, 5) is 12.8. The first-order valence-corrected chi connectivity index (χ1v) is 7.41. The van der Waals surface area contributed by atoms with Gasteiger partial charge in [0.1, 0.15) is 12.4 Å². The summed E-state index contributed by atoms with van der Waals surface area (Å²) in [5, 5.41) is 8.65. The summed E-state index contributed by atoms with van der Waals surface area (Å²) in [6.45, 7) is 7.75. The third-order valence-electron chi connectivity index (χ3n) is 2.94. The molecule has 0 aliphatic rings. The van der Waals surface area contributed by atoms with Gasteiger partial charge in [0.05, 0.1) is 0 Å². The molecule has 5 heteroatoms. The minimum Gasteiger partial charge on any atom is -0.492 e. The van der Waals surface area contributed by atoms with Crippen molar-refractivity contribution in [1.29, 1.82) is 0 Å². The number of carboxylic acid groups (broad SMARTS) is 1. The van der Waals surface area contributed by atoms with Gasteiger partial charge >= 0.3 is 5.97 Å². The summed E-state index contributed by atoms with van der Waals surface area (Å²) >= 11 is 3.39. The Morgan fingerprint density at radius 3 is 2.70 bits per heavy atom. The molecule has 1 aromatic rings. The largest absolute Gasteiger partial charge is 0.492 e. The van der Waals surface area contributed by atoms with Crippen molar-refractivity contribution in [3.63, 3.8) is 0 Å². The maximum Gasteiger partial charge on any atom is 0.328 e. The van der Waals surface area contributed by atoms with Crippen LogP contribution in [0.5, 0.6) is 5.75 Å². The second kappa shape index (κ2) is 8.76. The van der Waals surface area contributed by atoms with Crippen LogP contribution in [0.1, 0.15) is 19.4 Å². The standard InChI is InChI=1S/C15H20BrNO3/c1-3-17(4-2)9-10-20-13-6-7-14(16)12(11-13)5-8-15(18)19/h5-8,11H,3-4,9-10H2,1-2H3,(H,18,19)/b8-5+. The van der Waals surface area contributed by atoms with E-state index in [0.29, 0.717) is 6.61 Å². The van der Waals surface area contributed by atoms with Gasteiger partial charge in [0.25, 0.3) is 0 Å². The molecule has 0 saturated carbocycles. The number of carbonyl (C=O) groups is 1. The number of nitrogens with zero attached hydrogens (tertiary/aromatic N) is 1. The van der Waals surface area contributed by atoms with Crippen LogP contribution in [0.15, 0.2) is 28.7 Å². The maximum atomic E-state index is 10.5. The van der Waals surface area contributed by atoms with Crippen molar-refractivity contribution in [1.82, 2.24) is 4.90 Å². The van der Waals surface area contributed by atoms with Crippen LogP contribution in [-0.2, 0) is 4.79 Å². The van der Waals surface area contributed by atoms with Gasteiger partial charge in [-0.15, -0.1) is 0 Å². The fourth-order valence-electron chi connectivity index (χ4n) is 1.73. The van der Waals surface area contributed by atoms with Crippen LogP contribution >= 0.6 is 15.9 Å². The SMILES string of the molecule is CCN(CC)CCOc1ccc(Br)c(/C=C/C(=O)O)c1. The Morgan fingerprint density at radius 1 is 1.40 bits per heavy atom. The summed E-state index contributed by atoms with van der Waals surface area (Å²) < 4.78 is 6.54. The summed E-state index contributed by atoms with van der Waals surface area (Å²) in [7, 11) is 0. The van der Waals surface area contributed by atoms with Crippen molar-refractivity contribution in [2.24, 2.45) is 0 Å². The minimum absolute atomic E-state index is 0.616. The lowest BCUT2D eigenvalue weighted by Crippen LogP contribution is -2.27. The number of halogens is 1. The van der Waals surface area contributed by atoms with Crippen molar-refractivity contribution in [2.45, 2.75) is 13.8 Å². The fraction of sp³-hybridized carbons (Fsp3) is 0.400. The van der Waals surface area contributed by atoms with E-state index in [0.717, 1.165) is 41.5 Å². The number of hydrogen-bond donors (Lipinski definition) is 1.